The van der Waals surface area contributed by atoms with Gasteiger partial charge in [-0.15, -0.1) is 0 Å². The van der Waals surface area contributed by atoms with Crippen molar-refractivity contribution in [2.24, 2.45) is 5.92 Å². The molecule has 0 aromatic heterocycles. The van der Waals surface area contributed by atoms with E-state index in [4.69, 9.17) is 4.74 Å². The summed E-state index contributed by atoms with van der Waals surface area (Å²) >= 11 is 0. The van der Waals surface area contributed by atoms with Crippen molar-refractivity contribution in [2.75, 3.05) is 0 Å². The first-order chi connectivity index (χ1) is 15.6. The van der Waals surface area contributed by atoms with Gasteiger partial charge in [-0.3, -0.25) is 4.79 Å². The summed E-state index contributed by atoms with van der Waals surface area (Å²) in [6.07, 6.45) is 3.31. The van der Waals surface area contributed by atoms with Crippen molar-refractivity contribution >= 4 is 22.5 Å². The molecule has 1 aliphatic heterocycles. The molecule has 3 aromatic rings. The quantitative estimate of drug-likeness (QED) is 0.571. The molecule has 4 heteroatoms. The fourth-order valence-electron chi connectivity index (χ4n) is 4.94. The van der Waals surface area contributed by atoms with E-state index in [2.05, 4.69) is 29.6 Å². The zero-order valence-corrected chi connectivity index (χ0v) is 18.0. The molecule has 5 rings (SSSR count). The van der Waals surface area contributed by atoms with E-state index in [1.807, 2.05) is 61.5 Å². The van der Waals surface area contributed by atoms with Gasteiger partial charge < -0.3 is 10.1 Å². The highest BCUT2D eigenvalue weighted by Gasteiger charge is 2.43. The molecule has 2 aliphatic rings. The second kappa shape index (κ2) is 8.46. The van der Waals surface area contributed by atoms with Crippen LogP contribution in [0.3, 0.4) is 0 Å². The lowest BCUT2D eigenvalue weighted by atomic mass is 9.70. The van der Waals surface area contributed by atoms with Crippen LogP contribution in [0.5, 0.6) is 0 Å². The van der Waals surface area contributed by atoms with Crippen molar-refractivity contribution in [2.45, 2.75) is 32.3 Å². The summed E-state index contributed by atoms with van der Waals surface area (Å²) in [5.41, 5.74) is 4.10. The van der Waals surface area contributed by atoms with Crippen LogP contribution in [-0.4, -0.2) is 11.8 Å². The number of esters is 1. The molecule has 0 saturated heterocycles. The smallest absolute Gasteiger partial charge is 0.336 e. The van der Waals surface area contributed by atoms with E-state index >= 15 is 0 Å². The van der Waals surface area contributed by atoms with E-state index in [9.17, 15) is 9.59 Å². The van der Waals surface area contributed by atoms with Gasteiger partial charge >= 0.3 is 5.97 Å². The normalized spacial score (nSPS) is 20.4. The molecule has 0 amide bonds. The van der Waals surface area contributed by atoms with Crippen LogP contribution in [0.1, 0.15) is 36.8 Å². The Morgan fingerprint density at radius 1 is 0.969 bits per heavy atom. The lowest BCUT2D eigenvalue weighted by Gasteiger charge is -2.38. The number of carbonyl (C=O) groups excluding carboxylic acids is 2. The van der Waals surface area contributed by atoms with Crippen LogP contribution in [0.25, 0.3) is 10.8 Å². The van der Waals surface area contributed by atoms with Crippen LogP contribution in [0, 0.1) is 5.92 Å². The van der Waals surface area contributed by atoms with Gasteiger partial charge in [0.2, 0.25) is 0 Å². The van der Waals surface area contributed by atoms with Gasteiger partial charge in [0, 0.05) is 23.7 Å². The first-order valence-corrected chi connectivity index (χ1v) is 11.0. The monoisotopic (exact) mass is 423 g/mol. The highest BCUT2D eigenvalue weighted by atomic mass is 16.5. The Bertz CT molecular complexity index is 1250. The predicted octanol–water partition coefficient (Wildman–Crippen LogP) is 5.41. The summed E-state index contributed by atoms with van der Waals surface area (Å²) in [5, 5.41) is 5.49. The summed E-state index contributed by atoms with van der Waals surface area (Å²) < 4.78 is 5.75. The molecule has 4 nitrogen and oxygen atoms in total. The van der Waals surface area contributed by atoms with Gasteiger partial charge in [0.15, 0.2) is 0 Å². The highest BCUT2D eigenvalue weighted by Crippen LogP contribution is 2.45. The number of allylic oxidation sites excluding steroid dienone is 3. The maximum atomic E-state index is 13.4. The minimum atomic E-state index is -0.405. The van der Waals surface area contributed by atoms with Crippen LogP contribution in [0.2, 0.25) is 0 Å². The number of fused-ring (bicyclic) bond motifs is 2. The number of hydrogen-bond acceptors (Lipinski definition) is 4. The molecule has 1 N–H and O–H groups in total. The minimum Gasteiger partial charge on any atom is -0.457 e. The van der Waals surface area contributed by atoms with E-state index in [1.165, 1.54) is 0 Å². The Balaban J connectivity index is 1.61. The standard InChI is InChI=1S/C28H25NO3/c1-18-25(28(31)32-17-19-9-3-2-4-10-19)26(27-23(29-18)15-8-16-24(27)30)22-14-7-12-20-11-5-6-13-21(20)22/h2-7,9-15,26-27,29H,8,16-17H2,1H3. The van der Waals surface area contributed by atoms with Crippen molar-refractivity contribution in [3.8, 4) is 0 Å². The molecule has 2 unspecified atom stereocenters. The Kier molecular flexibility index (Phi) is 5.36. The van der Waals surface area contributed by atoms with Gasteiger partial charge in [-0.25, -0.2) is 4.79 Å². The summed E-state index contributed by atoms with van der Waals surface area (Å²) in [7, 11) is 0. The predicted molar refractivity (Wildman–Crippen MR) is 125 cm³/mol. The largest absolute Gasteiger partial charge is 0.457 e. The minimum absolute atomic E-state index is 0.161. The average Bonchev–Trinajstić information content (AvgIpc) is 2.82. The Hall–Kier alpha value is -3.66. The molecule has 1 heterocycles. The molecule has 160 valence electrons. The molecule has 0 spiro atoms. The van der Waals surface area contributed by atoms with Crippen molar-refractivity contribution in [1.82, 2.24) is 5.32 Å². The van der Waals surface area contributed by atoms with E-state index < -0.39 is 5.92 Å². The molecule has 0 bridgehead atoms. The Labute approximate surface area is 187 Å². The summed E-state index contributed by atoms with van der Waals surface area (Å²) in [6.45, 7) is 2.09. The average molecular weight is 424 g/mol. The molecule has 1 aliphatic carbocycles. The van der Waals surface area contributed by atoms with Gasteiger partial charge in [0.25, 0.3) is 0 Å². The van der Waals surface area contributed by atoms with E-state index in [-0.39, 0.29) is 24.3 Å². The summed E-state index contributed by atoms with van der Waals surface area (Å²) in [5.74, 6) is -1.01. The maximum absolute atomic E-state index is 13.4. The van der Waals surface area contributed by atoms with Crippen molar-refractivity contribution < 1.29 is 14.3 Å². The van der Waals surface area contributed by atoms with E-state index in [0.29, 0.717) is 12.0 Å². The van der Waals surface area contributed by atoms with Crippen LogP contribution in [-0.2, 0) is 20.9 Å². The third-order valence-electron chi connectivity index (χ3n) is 6.41. The van der Waals surface area contributed by atoms with Gasteiger partial charge in [-0.05, 0) is 35.2 Å². The number of Topliss-reactive ketones (excluding diaryl/α,β-unsaturated/α-hetero) is 1. The number of carbonyl (C=O) groups is 2. The van der Waals surface area contributed by atoms with Gasteiger partial charge in [-0.1, -0.05) is 78.9 Å². The maximum Gasteiger partial charge on any atom is 0.336 e. The first kappa shape index (κ1) is 20.3. The molecule has 0 fully saturated rings. The first-order valence-electron chi connectivity index (χ1n) is 11.0. The molecule has 2 atom stereocenters. The van der Waals surface area contributed by atoms with Crippen LogP contribution >= 0.6 is 0 Å². The number of rotatable bonds is 4. The Morgan fingerprint density at radius 3 is 2.56 bits per heavy atom. The molecule has 3 aromatic carbocycles. The third kappa shape index (κ3) is 3.62. The third-order valence-corrected chi connectivity index (χ3v) is 6.41. The van der Waals surface area contributed by atoms with E-state index in [1.54, 1.807) is 0 Å². The number of hydrogen-bond donors (Lipinski definition) is 1. The van der Waals surface area contributed by atoms with Crippen molar-refractivity contribution in [1.29, 1.82) is 0 Å². The summed E-state index contributed by atoms with van der Waals surface area (Å²) in [4.78, 5) is 26.6. The second-order valence-corrected chi connectivity index (χ2v) is 8.41. The molecule has 0 saturated carbocycles. The van der Waals surface area contributed by atoms with Crippen LogP contribution in [0.15, 0.2) is 95.8 Å². The summed E-state index contributed by atoms with van der Waals surface area (Å²) in [6, 6.07) is 23.9. The van der Waals surface area contributed by atoms with E-state index in [0.717, 1.165) is 39.7 Å². The van der Waals surface area contributed by atoms with Crippen LogP contribution in [0.4, 0.5) is 0 Å². The Morgan fingerprint density at radius 2 is 1.72 bits per heavy atom. The SMILES string of the molecule is CC1=C(C(=O)OCc2ccccc2)C(c2cccc3ccccc23)C2C(=O)CCC=C2N1. The molecular formula is C28H25NO3. The fourth-order valence-corrected chi connectivity index (χ4v) is 4.94. The van der Waals surface area contributed by atoms with Gasteiger partial charge in [-0.2, -0.15) is 0 Å². The highest BCUT2D eigenvalue weighted by molar-refractivity contribution is 5.98. The second-order valence-electron chi connectivity index (χ2n) is 8.41. The number of benzene rings is 3. The lowest BCUT2D eigenvalue weighted by Crippen LogP contribution is -2.40. The van der Waals surface area contributed by atoms with Crippen molar-refractivity contribution in [3.63, 3.8) is 0 Å². The molecular weight excluding hydrogens is 398 g/mol. The molecule has 0 radical (unpaired) electrons. The number of ether oxygens (including phenoxy) is 1. The fraction of sp³-hybridized carbons (Fsp3) is 0.214. The van der Waals surface area contributed by atoms with Gasteiger partial charge in [0.1, 0.15) is 12.4 Å². The topological polar surface area (TPSA) is 55.4 Å². The van der Waals surface area contributed by atoms with Crippen molar-refractivity contribution in [3.05, 3.63) is 107 Å². The van der Waals surface area contributed by atoms with Crippen LogP contribution < -0.4 is 5.32 Å². The lowest BCUT2D eigenvalue weighted by molar-refractivity contribution is -0.141. The molecule has 32 heavy (non-hydrogen) atoms. The number of ketones is 1. The zero-order chi connectivity index (χ0) is 22.1. The van der Waals surface area contributed by atoms with Gasteiger partial charge in [0.05, 0.1) is 11.5 Å². The zero-order valence-electron chi connectivity index (χ0n) is 18.0. The number of nitrogens with one attached hydrogen (secondary N) is 1.